The third-order valence-electron chi connectivity index (χ3n) is 3.89. The summed E-state index contributed by atoms with van der Waals surface area (Å²) in [5.74, 6) is 0. The summed E-state index contributed by atoms with van der Waals surface area (Å²) in [7, 11) is 0. The van der Waals surface area contributed by atoms with Crippen molar-refractivity contribution in [1.29, 1.82) is 0 Å². The highest BCUT2D eigenvalue weighted by atomic mass is 79.9. The molecule has 0 heterocycles. The fraction of sp³-hybridized carbons (Fsp3) is 0.294. The minimum atomic E-state index is 0.449. The van der Waals surface area contributed by atoms with Crippen molar-refractivity contribution in [3.63, 3.8) is 0 Å². The van der Waals surface area contributed by atoms with E-state index < -0.39 is 0 Å². The van der Waals surface area contributed by atoms with Gasteiger partial charge in [-0.25, -0.2) is 0 Å². The summed E-state index contributed by atoms with van der Waals surface area (Å²) < 4.78 is 1.17. The van der Waals surface area contributed by atoms with Crippen molar-refractivity contribution in [1.82, 2.24) is 0 Å². The molecule has 1 atom stereocenters. The molecule has 0 aliphatic heterocycles. The van der Waals surface area contributed by atoms with Crippen molar-refractivity contribution in [2.45, 2.75) is 32.7 Å². The molecule has 2 heteroatoms. The Morgan fingerprint density at radius 1 is 1.11 bits per heavy atom. The van der Waals surface area contributed by atoms with E-state index in [-0.39, 0.29) is 0 Å². The van der Waals surface area contributed by atoms with Crippen molar-refractivity contribution < 1.29 is 0 Å². The minimum absolute atomic E-state index is 0.449. The summed E-state index contributed by atoms with van der Waals surface area (Å²) in [6.45, 7) is 4.28. The Morgan fingerprint density at radius 3 is 2.74 bits per heavy atom. The highest BCUT2D eigenvalue weighted by Gasteiger charge is 2.22. The predicted molar refractivity (Wildman–Crippen MR) is 84.7 cm³/mol. The first-order valence-electron chi connectivity index (χ1n) is 6.75. The summed E-state index contributed by atoms with van der Waals surface area (Å²) in [5, 5.41) is 3.66. The largest absolute Gasteiger partial charge is 0.378 e. The lowest BCUT2D eigenvalue weighted by Gasteiger charge is -2.16. The van der Waals surface area contributed by atoms with Gasteiger partial charge >= 0.3 is 0 Å². The van der Waals surface area contributed by atoms with Crippen LogP contribution in [0.1, 0.15) is 34.7 Å². The Kier molecular flexibility index (Phi) is 3.36. The second kappa shape index (κ2) is 5.01. The van der Waals surface area contributed by atoms with Gasteiger partial charge in [0, 0.05) is 10.2 Å². The van der Waals surface area contributed by atoms with Crippen LogP contribution in [0.4, 0.5) is 5.69 Å². The van der Waals surface area contributed by atoms with Crippen LogP contribution in [0.3, 0.4) is 0 Å². The van der Waals surface area contributed by atoms with Crippen molar-refractivity contribution in [3.05, 3.63) is 63.1 Å². The van der Waals surface area contributed by atoms with Gasteiger partial charge in [0.05, 0.1) is 6.04 Å². The normalized spacial score (nSPS) is 17.3. The minimum Gasteiger partial charge on any atom is -0.378 e. The number of rotatable bonds is 2. The van der Waals surface area contributed by atoms with E-state index in [1.807, 2.05) is 0 Å². The molecule has 0 aromatic heterocycles. The van der Waals surface area contributed by atoms with E-state index in [0.717, 1.165) is 0 Å². The molecule has 3 rings (SSSR count). The summed E-state index contributed by atoms with van der Waals surface area (Å²) in [4.78, 5) is 0. The Labute approximate surface area is 123 Å². The molecular formula is C17H18BrN. The fourth-order valence-electron chi connectivity index (χ4n) is 2.76. The number of halogens is 1. The summed E-state index contributed by atoms with van der Waals surface area (Å²) in [5.41, 5.74) is 6.77. The van der Waals surface area contributed by atoms with Crippen molar-refractivity contribution in [2.24, 2.45) is 0 Å². The number of nitrogens with one attached hydrogen (secondary N) is 1. The van der Waals surface area contributed by atoms with Crippen LogP contribution in [0.5, 0.6) is 0 Å². The van der Waals surface area contributed by atoms with Gasteiger partial charge in [0.1, 0.15) is 0 Å². The Morgan fingerprint density at radius 2 is 1.95 bits per heavy atom. The molecule has 0 saturated heterocycles. The van der Waals surface area contributed by atoms with E-state index in [0.29, 0.717) is 6.04 Å². The summed E-state index contributed by atoms with van der Waals surface area (Å²) >= 11 is 3.60. The zero-order chi connectivity index (χ0) is 13.4. The maximum absolute atomic E-state index is 3.66. The highest BCUT2D eigenvalue weighted by molar-refractivity contribution is 9.10. The maximum atomic E-state index is 3.66. The van der Waals surface area contributed by atoms with E-state index in [9.17, 15) is 0 Å². The van der Waals surface area contributed by atoms with Gasteiger partial charge in [0.25, 0.3) is 0 Å². The van der Waals surface area contributed by atoms with E-state index in [1.165, 1.54) is 45.3 Å². The van der Waals surface area contributed by atoms with Gasteiger partial charge in [0.2, 0.25) is 0 Å². The van der Waals surface area contributed by atoms with Crippen LogP contribution in [0.15, 0.2) is 40.9 Å². The molecule has 1 N–H and O–H groups in total. The van der Waals surface area contributed by atoms with Gasteiger partial charge in [-0.15, -0.1) is 0 Å². The quantitative estimate of drug-likeness (QED) is 0.806. The van der Waals surface area contributed by atoms with E-state index in [2.05, 4.69) is 71.5 Å². The molecule has 1 unspecified atom stereocenters. The molecule has 0 bridgehead atoms. The van der Waals surface area contributed by atoms with Crippen LogP contribution in [-0.2, 0) is 6.42 Å². The molecule has 2 aromatic carbocycles. The lowest BCUT2D eigenvalue weighted by atomic mass is 10.0. The Balaban J connectivity index is 1.86. The van der Waals surface area contributed by atoms with E-state index in [4.69, 9.17) is 0 Å². The van der Waals surface area contributed by atoms with Gasteiger partial charge in [-0.05, 0) is 55.5 Å². The molecule has 1 aliphatic rings. The molecule has 19 heavy (non-hydrogen) atoms. The van der Waals surface area contributed by atoms with E-state index in [1.54, 1.807) is 0 Å². The maximum Gasteiger partial charge on any atom is 0.0519 e. The molecule has 2 aromatic rings. The number of benzene rings is 2. The number of fused-ring (bicyclic) bond motifs is 1. The SMILES string of the molecule is Cc1ccc2c(c1)C(Nc1ccc(C)c(Br)c1)CC2. The average Bonchev–Trinajstić information content (AvgIpc) is 2.77. The Bertz CT molecular complexity index is 619. The summed E-state index contributed by atoms with van der Waals surface area (Å²) in [6.07, 6.45) is 2.37. The van der Waals surface area contributed by atoms with Gasteiger partial charge in [0.15, 0.2) is 0 Å². The summed E-state index contributed by atoms with van der Waals surface area (Å²) in [6, 6.07) is 13.7. The third-order valence-corrected chi connectivity index (χ3v) is 4.75. The van der Waals surface area contributed by atoms with Gasteiger partial charge in [-0.1, -0.05) is 45.8 Å². The number of anilines is 1. The van der Waals surface area contributed by atoms with Gasteiger partial charge in [-0.2, -0.15) is 0 Å². The molecule has 1 aliphatic carbocycles. The standard InChI is InChI=1S/C17H18BrN/c1-11-3-5-13-6-8-17(15(13)9-11)19-14-7-4-12(2)16(18)10-14/h3-5,7,9-10,17,19H,6,8H2,1-2H3. The first-order valence-corrected chi connectivity index (χ1v) is 7.55. The molecule has 98 valence electrons. The molecule has 0 spiro atoms. The monoisotopic (exact) mass is 315 g/mol. The second-order valence-corrected chi connectivity index (χ2v) is 6.26. The average molecular weight is 316 g/mol. The van der Waals surface area contributed by atoms with Crippen molar-refractivity contribution in [3.8, 4) is 0 Å². The topological polar surface area (TPSA) is 12.0 Å². The van der Waals surface area contributed by atoms with Crippen LogP contribution < -0.4 is 5.32 Å². The van der Waals surface area contributed by atoms with Crippen molar-refractivity contribution in [2.75, 3.05) is 5.32 Å². The van der Waals surface area contributed by atoms with Crippen LogP contribution in [-0.4, -0.2) is 0 Å². The van der Waals surface area contributed by atoms with Gasteiger partial charge in [-0.3, -0.25) is 0 Å². The van der Waals surface area contributed by atoms with Crippen LogP contribution in [0, 0.1) is 13.8 Å². The molecule has 0 radical (unpaired) electrons. The zero-order valence-corrected chi connectivity index (χ0v) is 12.9. The molecule has 0 saturated carbocycles. The number of hydrogen-bond donors (Lipinski definition) is 1. The van der Waals surface area contributed by atoms with Crippen LogP contribution in [0.2, 0.25) is 0 Å². The predicted octanol–water partition coefficient (Wildman–Crippen LogP) is 5.17. The molecule has 0 fully saturated rings. The molecular weight excluding hydrogens is 298 g/mol. The van der Waals surface area contributed by atoms with Crippen molar-refractivity contribution >= 4 is 21.6 Å². The fourth-order valence-corrected chi connectivity index (χ4v) is 3.13. The lowest BCUT2D eigenvalue weighted by molar-refractivity contribution is 0.761. The van der Waals surface area contributed by atoms with Crippen LogP contribution >= 0.6 is 15.9 Å². The number of aryl methyl sites for hydroxylation is 3. The van der Waals surface area contributed by atoms with Gasteiger partial charge < -0.3 is 5.32 Å². The highest BCUT2D eigenvalue weighted by Crippen LogP contribution is 2.35. The zero-order valence-electron chi connectivity index (χ0n) is 11.3. The first-order chi connectivity index (χ1) is 9.13. The number of hydrogen-bond acceptors (Lipinski definition) is 1. The lowest BCUT2D eigenvalue weighted by Crippen LogP contribution is -2.07. The molecule has 1 nitrogen and oxygen atoms in total. The first kappa shape index (κ1) is 12.7. The van der Waals surface area contributed by atoms with Crippen LogP contribution in [0.25, 0.3) is 0 Å². The van der Waals surface area contributed by atoms with E-state index >= 15 is 0 Å². The second-order valence-electron chi connectivity index (χ2n) is 5.40. The smallest absolute Gasteiger partial charge is 0.0519 e. The molecule has 0 amide bonds. The Hall–Kier alpha value is -1.28. The third kappa shape index (κ3) is 2.55.